The summed E-state index contributed by atoms with van der Waals surface area (Å²) in [5, 5.41) is 12.2. The van der Waals surface area contributed by atoms with Gasteiger partial charge in [0.25, 0.3) is 0 Å². The van der Waals surface area contributed by atoms with Gasteiger partial charge in [0.2, 0.25) is 0 Å². The Balaban J connectivity index is 1.93. The molecule has 0 fully saturated rings. The maximum Gasteiger partial charge on any atom is 0.356 e. The molecule has 2 aromatic rings. The first kappa shape index (κ1) is 15.1. The molecular weight excluding hydrogens is 292 g/mol. The van der Waals surface area contributed by atoms with Gasteiger partial charge in [-0.1, -0.05) is 23.7 Å². The Labute approximate surface area is 127 Å². The number of methoxy groups -OCH3 is 1. The van der Waals surface area contributed by atoms with Crippen LogP contribution in [0.3, 0.4) is 0 Å². The Kier molecular flexibility index (Phi) is 5.00. The van der Waals surface area contributed by atoms with E-state index in [-0.39, 0.29) is 10.7 Å². The Morgan fingerprint density at radius 3 is 2.62 bits per heavy atom. The van der Waals surface area contributed by atoms with Crippen molar-refractivity contribution in [2.75, 3.05) is 19.0 Å². The van der Waals surface area contributed by atoms with Crippen LogP contribution in [-0.2, 0) is 6.42 Å². The van der Waals surface area contributed by atoms with E-state index < -0.39 is 5.97 Å². The number of carboxylic acid groups (broad SMARTS) is 1. The molecule has 0 atom stereocenters. The van der Waals surface area contributed by atoms with Gasteiger partial charge in [-0.3, -0.25) is 0 Å². The zero-order valence-corrected chi connectivity index (χ0v) is 12.2. The van der Waals surface area contributed by atoms with Crippen LogP contribution in [0.2, 0.25) is 5.02 Å². The van der Waals surface area contributed by atoms with Gasteiger partial charge in [-0.2, -0.15) is 0 Å². The molecule has 2 rings (SSSR count). The molecule has 2 N–H and O–H groups in total. The van der Waals surface area contributed by atoms with E-state index in [4.69, 9.17) is 21.4 Å². The summed E-state index contributed by atoms with van der Waals surface area (Å²) in [4.78, 5) is 14.9. The van der Waals surface area contributed by atoms with Crippen molar-refractivity contribution >= 4 is 23.4 Å². The number of halogens is 1. The highest BCUT2D eigenvalue weighted by Gasteiger charge is 2.11. The summed E-state index contributed by atoms with van der Waals surface area (Å²) >= 11 is 5.77. The van der Waals surface area contributed by atoms with E-state index in [0.717, 1.165) is 17.7 Å². The number of nitrogens with one attached hydrogen (secondary N) is 1. The number of aromatic carboxylic acids is 1. The fraction of sp³-hybridized carbons (Fsp3) is 0.200. The second-order valence-electron chi connectivity index (χ2n) is 4.36. The van der Waals surface area contributed by atoms with Gasteiger partial charge in [-0.15, -0.1) is 0 Å². The molecule has 0 spiro atoms. The van der Waals surface area contributed by atoms with E-state index in [2.05, 4.69) is 10.3 Å². The molecule has 0 aliphatic rings. The van der Waals surface area contributed by atoms with Crippen molar-refractivity contribution in [2.45, 2.75) is 6.42 Å². The molecule has 5 nitrogen and oxygen atoms in total. The zero-order valence-electron chi connectivity index (χ0n) is 11.5. The molecule has 21 heavy (non-hydrogen) atoms. The highest BCUT2D eigenvalue weighted by molar-refractivity contribution is 6.33. The summed E-state index contributed by atoms with van der Waals surface area (Å²) in [6.07, 6.45) is 0.788. The highest BCUT2D eigenvalue weighted by atomic mass is 35.5. The van der Waals surface area contributed by atoms with E-state index in [0.29, 0.717) is 12.4 Å². The second-order valence-corrected chi connectivity index (χ2v) is 4.76. The van der Waals surface area contributed by atoms with Crippen molar-refractivity contribution in [3.63, 3.8) is 0 Å². The van der Waals surface area contributed by atoms with Gasteiger partial charge in [0, 0.05) is 6.54 Å². The lowest BCUT2D eigenvalue weighted by Crippen LogP contribution is -2.09. The second kappa shape index (κ2) is 6.95. The lowest BCUT2D eigenvalue weighted by Gasteiger charge is -2.08. The Hall–Kier alpha value is -2.27. The van der Waals surface area contributed by atoms with E-state index in [1.165, 1.54) is 6.07 Å². The summed E-state index contributed by atoms with van der Waals surface area (Å²) in [6.45, 7) is 0.639. The van der Waals surface area contributed by atoms with Gasteiger partial charge in [-0.25, -0.2) is 9.78 Å². The number of nitrogens with zero attached hydrogens (tertiary/aromatic N) is 1. The number of ether oxygens (including phenoxy) is 1. The van der Waals surface area contributed by atoms with Gasteiger partial charge >= 0.3 is 5.97 Å². The average Bonchev–Trinajstić information content (AvgIpc) is 2.49. The molecule has 0 unspecified atom stereocenters. The van der Waals surface area contributed by atoms with Crippen LogP contribution in [0.4, 0.5) is 5.82 Å². The van der Waals surface area contributed by atoms with Crippen molar-refractivity contribution in [3.05, 3.63) is 52.7 Å². The quantitative estimate of drug-likeness (QED) is 0.858. The van der Waals surface area contributed by atoms with Crippen molar-refractivity contribution in [2.24, 2.45) is 0 Å². The van der Waals surface area contributed by atoms with Gasteiger partial charge in [0.15, 0.2) is 5.69 Å². The minimum Gasteiger partial charge on any atom is -0.497 e. The van der Waals surface area contributed by atoms with Gasteiger partial charge in [0.05, 0.1) is 12.1 Å². The molecule has 0 radical (unpaired) electrons. The van der Waals surface area contributed by atoms with Crippen LogP contribution in [0.25, 0.3) is 0 Å². The lowest BCUT2D eigenvalue weighted by atomic mass is 10.1. The number of benzene rings is 1. The lowest BCUT2D eigenvalue weighted by molar-refractivity contribution is 0.0691. The van der Waals surface area contributed by atoms with Crippen LogP contribution in [0.15, 0.2) is 36.4 Å². The normalized spacial score (nSPS) is 10.2. The maximum atomic E-state index is 10.9. The molecule has 110 valence electrons. The summed E-state index contributed by atoms with van der Waals surface area (Å²) in [6, 6.07) is 10.9. The van der Waals surface area contributed by atoms with Crippen molar-refractivity contribution in [1.29, 1.82) is 0 Å². The largest absolute Gasteiger partial charge is 0.497 e. The van der Waals surface area contributed by atoms with Crippen LogP contribution in [-0.4, -0.2) is 29.7 Å². The fourth-order valence-electron chi connectivity index (χ4n) is 1.82. The SMILES string of the molecule is COc1ccc(CCNc2ccc(Cl)c(C(=O)O)n2)cc1. The molecule has 0 amide bonds. The third-order valence-electron chi connectivity index (χ3n) is 2.93. The Bertz CT molecular complexity index is 629. The molecule has 1 aromatic carbocycles. The van der Waals surface area contributed by atoms with E-state index in [1.54, 1.807) is 13.2 Å². The molecule has 1 heterocycles. The van der Waals surface area contributed by atoms with Crippen molar-refractivity contribution < 1.29 is 14.6 Å². The summed E-state index contributed by atoms with van der Waals surface area (Å²) in [5.74, 6) is 0.168. The smallest absolute Gasteiger partial charge is 0.356 e. The Morgan fingerprint density at radius 2 is 2.00 bits per heavy atom. The van der Waals surface area contributed by atoms with Gasteiger partial charge < -0.3 is 15.2 Å². The molecular formula is C15H15ClN2O3. The topological polar surface area (TPSA) is 71.5 Å². The third-order valence-corrected chi connectivity index (χ3v) is 3.23. The number of hydrogen-bond acceptors (Lipinski definition) is 4. The molecule has 6 heteroatoms. The van der Waals surface area contributed by atoms with E-state index in [1.807, 2.05) is 24.3 Å². The van der Waals surface area contributed by atoms with Crippen LogP contribution in [0, 0.1) is 0 Å². The predicted molar refractivity (Wildman–Crippen MR) is 81.4 cm³/mol. The van der Waals surface area contributed by atoms with E-state index in [9.17, 15) is 4.79 Å². The molecule has 0 aliphatic heterocycles. The van der Waals surface area contributed by atoms with Crippen molar-refractivity contribution in [3.8, 4) is 5.75 Å². The summed E-state index contributed by atoms with van der Waals surface area (Å²) in [7, 11) is 1.63. The summed E-state index contributed by atoms with van der Waals surface area (Å²) < 4.78 is 5.10. The Morgan fingerprint density at radius 1 is 1.29 bits per heavy atom. The number of carbonyl (C=O) groups is 1. The molecule has 0 bridgehead atoms. The van der Waals surface area contributed by atoms with Gasteiger partial charge in [0.1, 0.15) is 11.6 Å². The first-order valence-corrected chi connectivity index (χ1v) is 6.74. The number of aromatic nitrogens is 1. The van der Waals surface area contributed by atoms with Crippen molar-refractivity contribution in [1.82, 2.24) is 4.98 Å². The monoisotopic (exact) mass is 306 g/mol. The minimum absolute atomic E-state index is 0.128. The number of anilines is 1. The number of rotatable bonds is 6. The summed E-state index contributed by atoms with van der Waals surface area (Å²) in [5.41, 5.74) is 1.00. The van der Waals surface area contributed by atoms with Crippen LogP contribution < -0.4 is 10.1 Å². The fourth-order valence-corrected chi connectivity index (χ4v) is 2.00. The maximum absolute atomic E-state index is 10.9. The van der Waals surface area contributed by atoms with E-state index >= 15 is 0 Å². The first-order chi connectivity index (χ1) is 10.1. The molecule has 0 aliphatic carbocycles. The number of pyridine rings is 1. The number of carboxylic acids is 1. The van der Waals surface area contributed by atoms with Crippen LogP contribution in [0.5, 0.6) is 5.75 Å². The first-order valence-electron chi connectivity index (χ1n) is 6.37. The molecule has 0 saturated heterocycles. The van der Waals surface area contributed by atoms with Crippen LogP contribution in [0.1, 0.15) is 16.1 Å². The third kappa shape index (κ3) is 4.10. The predicted octanol–water partition coefficient (Wildman–Crippen LogP) is 3.10. The van der Waals surface area contributed by atoms with Gasteiger partial charge in [-0.05, 0) is 36.2 Å². The minimum atomic E-state index is -1.14. The standard InChI is InChI=1S/C15H15ClN2O3/c1-21-11-4-2-10(3-5-11)8-9-17-13-7-6-12(16)14(18-13)15(19)20/h2-7H,8-9H2,1H3,(H,17,18)(H,19,20). The molecule has 0 saturated carbocycles. The average molecular weight is 307 g/mol. The van der Waals surface area contributed by atoms with Crippen LogP contribution >= 0.6 is 11.6 Å². The number of hydrogen-bond donors (Lipinski definition) is 2. The highest BCUT2D eigenvalue weighted by Crippen LogP contribution is 2.17. The zero-order chi connectivity index (χ0) is 15.2. The molecule has 1 aromatic heterocycles.